The number of phenolic OH excluding ortho intramolecular Hbond substituents is 1. The number of phenols is 1. The SMILES string of the molecule is COc1ccc2oc(C(=O)NC(COCc3ccc(O)cc3)C(=O)O)cc2c1. The lowest BCUT2D eigenvalue weighted by Gasteiger charge is -2.14. The monoisotopic (exact) mass is 385 g/mol. The predicted molar refractivity (Wildman–Crippen MR) is 99.4 cm³/mol. The van der Waals surface area contributed by atoms with E-state index >= 15 is 0 Å². The predicted octanol–water partition coefficient (Wildman–Crippen LogP) is 2.55. The summed E-state index contributed by atoms with van der Waals surface area (Å²) in [5, 5.41) is 21.6. The van der Waals surface area contributed by atoms with Crippen LogP contribution in [0.15, 0.2) is 52.9 Å². The van der Waals surface area contributed by atoms with E-state index in [1.54, 1.807) is 30.3 Å². The van der Waals surface area contributed by atoms with Gasteiger partial charge in [-0.3, -0.25) is 4.79 Å². The minimum Gasteiger partial charge on any atom is -0.508 e. The molecule has 1 aromatic heterocycles. The molecule has 0 saturated heterocycles. The van der Waals surface area contributed by atoms with Crippen LogP contribution in [-0.2, 0) is 16.1 Å². The van der Waals surface area contributed by atoms with Gasteiger partial charge in [-0.05, 0) is 42.0 Å². The van der Waals surface area contributed by atoms with E-state index in [9.17, 15) is 19.8 Å². The first-order chi connectivity index (χ1) is 13.5. The van der Waals surface area contributed by atoms with Gasteiger partial charge in [0.1, 0.15) is 17.1 Å². The van der Waals surface area contributed by atoms with Crippen molar-refractivity contribution in [2.24, 2.45) is 0 Å². The van der Waals surface area contributed by atoms with E-state index < -0.39 is 17.9 Å². The zero-order valence-corrected chi connectivity index (χ0v) is 15.0. The van der Waals surface area contributed by atoms with Crippen LogP contribution in [0.25, 0.3) is 11.0 Å². The first kappa shape index (κ1) is 19.2. The summed E-state index contributed by atoms with van der Waals surface area (Å²) in [6.45, 7) is -0.0830. The number of nitrogens with one attached hydrogen (secondary N) is 1. The number of aromatic hydroxyl groups is 1. The minimum absolute atomic E-state index is 0.00645. The number of hydrogen-bond acceptors (Lipinski definition) is 6. The number of amides is 1. The molecule has 0 fully saturated rings. The second-order valence-electron chi connectivity index (χ2n) is 6.06. The first-order valence-electron chi connectivity index (χ1n) is 8.43. The van der Waals surface area contributed by atoms with Gasteiger partial charge in [0.2, 0.25) is 0 Å². The summed E-state index contributed by atoms with van der Waals surface area (Å²) in [4.78, 5) is 23.8. The number of benzene rings is 2. The lowest BCUT2D eigenvalue weighted by Crippen LogP contribution is -2.43. The topological polar surface area (TPSA) is 118 Å². The van der Waals surface area contributed by atoms with Gasteiger partial charge < -0.3 is 29.4 Å². The van der Waals surface area contributed by atoms with Crippen LogP contribution in [0.5, 0.6) is 11.5 Å². The smallest absolute Gasteiger partial charge is 0.328 e. The first-order valence-corrected chi connectivity index (χ1v) is 8.43. The highest BCUT2D eigenvalue weighted by molar-refractivity contribution is 5.98. The van der Waals surface area contributed by atoms with E-state index in [-0.39, 0.29) is 24.7 Å². The molecule has 0 aliphatic carbocycles. The van der Waals surface area contributed by atoms with Crippen LogP contribution >= 0.6 is 0 Å². The summed E-state index contributed by atoms with van der Waals surface area (Å²) in [7, 11) is 1.53. The second-order valence-corrected chi connectivity index (χ2v) is 6.06. The number of hydrogen-bond donors (Lipinski definition) is 3. The number of aliphatic carboxylic acids is 1. The molecule has 1 amide bonds. The molecule has 1 unspecified atom stereocenters. The number of carbonyl (C=O) groups is 2. The lowest BCUT2D eigenvalue weighted by molar-refractivity contribution is -0.141. The number of methoxy groups -OCH3 is 1. The molecule has 1 atom stereocenters. The maximum atomic E-state index is 12.4. The van der Waals surface area contributed by atoms with E-state index in [0.717, 1.165) is 5.56 Å². The Morgan fingerprint density at radius 1 is 1.14 bits per heavy atom. The molecule has 0 radical (unpaired) electrons. The highest BCUT2D eigenvalue weighted by Gasteiger charge is 2.23. The van der Waals surface area contributed by atoms with Crippen molar-refractivity contribution >= 4 is 22.8 Å². The van der Waals surface area contributed by atoms with E-state index in [1.165, 1.54) is 25.3 Å². The van der Waals surface area contributed by atoms with E-state index in [2.05, 4.69) is 5.32 Å². The van der Waals surface area contributed by atoms with Crippen LogP contribution in [0, 0.1) is 0 Å². The third-order valence-electron chi connectivity index (χ3n) is 4.04. The second kappa shape index (κ2) is 8.45. The average Bonchev–Trinajstić information content (AvgIpc) is 3.11. The van der Waals surface area contributed by atoms with Crippen molar-refractivity contribution in [3.05, 3.63) is 59.9 Å². The highest BCUT2D eigenvalue weighted by atomic mass is 16.5. The number of carboxylic acids is 1. The Morgan fingerprint density at radius 2 is 1.89 bits per heavy atom. The van der Waals surface area contributed by atoms with E-state index in [4.69, 9.17) is 13.9 Å². The van der Waals surface area contributed by atoms with Gasteiger partial charge in [0.15, 0.2) is 11.8 Å². The van der Waals surface area contributed by atoms with Crippen LogP contribution in [0.1, 0.15) is 16.1 Å². The fraction of sp³-hybridized carbons (Fsp3) is 0.200. The van der Waals surface area contributed by atoms with E-state index in [1.807, 2.05) is 0 Å². The molecular formula is C20H19NO7. The van der Waals surface area contributed by atoms with Gasteiger partial charge in [-0.25, -0.2) is 4.79 Å². The van der Waals surface area contributed by atoms with Crippen LogP contribution < -0.4 is 10.1 Å². The lowest BCUT2D eigenvalue weighted by atomic mass is 10.2. The van der Waals surface area contributed by atoms with Crippen molar-refractivity contribution in [1.29, 1.82) is 0 Å². The number of carbonyl (C=O) groups excluding carboxylic acids is 1. The van der Waals surface area contributed by atoms with Crippen LogP contribution in [0.3, 0.4) is 0 Å². The zero-order valence-electron chi connectivity index (χ0n) is 15.0. The number of furan rings is 1. The van der Waals surface area contributed by atoms with Gasteiger partial charge in [0, 0.05) is 5.39 Å². The van der Waals surface area contributed by atoms with Crippen molar-refractivity contribution in [3.8, 4) is 11.5 Å². The number of fused-ring (bicyclic) bond motifs is 1. The summed E-state index contributed by atoms with van der Waals surface area (Å²) in [6.07, 6.45) is 0. The third kappa shape index (κ3) is 4.60. The van der Waals surface area contributed by atoms with Crippen LogP contribution in [0.2, 0.25) is 0 Å². The Balaban J connectivity index is 1.62. The molecule has 3 aromatic rings. The summed E-state index contributed by atoms with van der Waals surface area (Å²) >= 11 is 0. The maximum Gasteiger partial charge on any atom is 0.328 e. The Morgan fingerprint density at radius 3 is 2.57 bits per heavy atom. The normalized spacial score (nSPS) is 11.9. The Labute approximate surface area is 160 Å². The molecule has 3 rings (SSSR count). The fourth-order valence-electron chi connectivity index (χ4n) is 2.55. The molecule has 0 aliphatic heterocycles. The molecule has 2 aromatic carbocycles. The average molecular weight is 385 g/mol. The standard InChI is InChI=1S/C20H19NO7/c1-26-15-6-7-17-13(8-15)9-18(28-17)19(23)21-16(20(24)25)11-27-10-12-2-4-14(22)5-3-12/h2-9,16,22H,10-11H2,1H3,(H,21,23)(H,24,25). The van der Waals surface area contributed by atoms with Crippen molar-refractivity contribution in [3.63, 3.8) is 0 Å². The number of carboxylic acid groups (broad SMARTS) is 1. The van der Waals surface area contributed by atoms with Crippen molar-refractivity contribution in [2.75, 3.05) is 13.7 Å². The molecule has 0 saturated carbocycles. The molecule has 0 bridgehead atoms. The molecule has 8 heteroatoms. The summed E-state index contributed by atoms with van der Waals surface area (Å²) < 4.78 is 16.0. The quantitative estimate of drug-likeness (QED) is 0.545. The van der Waals surface area contributed by atoms with Gasteiger partial charge in [-0.1, -0.05) is 12.1 Å². The van der Waals surface area contributed by atoms with Crippen LogP contribution in [-0.4, -0.2) is 41.8 Å². The molecule has 0 spiro atoms. The Hall–Kier alpha value is -3.52. The van der Waals surface area contributed by atoms with Gasteiger partial charge in [-0.2, -0.15) is 0 Å². The number of rotatable bonds is 8. The highest BCUT2D eigenvalue weighted by Crippen LogP contribution is 2.24. The zero-order chi connectivity index (χ0) is 20.1. The summed E-state index contributed by atoms with van der Waals surface area (Å²) in [6, 6.07) is 11.7. The van der Waals surface area contributed by atoms with Gasteiger partial charge in [0.25, 0.3) is 5.91 Å². The minimum atomic E-state index is -1.24. The molecule has 146 valence electrons. The number of ether oxygens (including phenoxy) is 2. The summed E-state index contributed by atoms with van der Waals surface area (Å²) in [5.41, 5.74) is 1.25. The summed E-state index contributed by atoms with van der Waals surface area (Å²) in [5.74, 6) is -1.14. The van der Waals surface area contributed by atoms with Crippen LogP contribution in [0.4, 0.5) is 0 Å². The van der Waals surface area contributed by atoms with Crippen molar-refractivity contribution < 1.29 is 33.7 Å². The molecule has 28 heavy (non-hydrogen) atoms. The third-order valence-corrected chi connectivity index (χ3v) is 4.04. The van der Waals surface area contributed by atoms with E-state index in [0.29, 0.717) is 16.7 Å². The Bertz CT molecular complexity index is 978. The van der Waals surface area contributed by atoms with Gasteiger partial charge in [-0.15, -0.1) is 0 Å². The maximum absolute atomic E-state index is 12.4. The van der Waals surface area contributed by atoms with Crippen molar-refractivity contribution in [2.45, 2.75) is 12.6 Å². The molecule has 0 aliphatic rings. The van der Waals surface area contributed by atoms with Crippen molar-refractivity contribution in [1.82, 2.24) is 5.32 Å². The molecule has 3 N–H and O–H groups in total. The molecule has 1 heterocycles. The fourth-order valence-corrected chi connectivity index (χ4v) is 2.55. The molecular weight excluding hydrogens is 366 g/mol. The van der Waals surface area contributed by atoms with Gasteiger partial charge >= 0.3 is 5.97 Å². The van der Waals surface area contributed by atoms with Gasteiger partial charge in [0.05, 0.1) is 20.3 Å². The Kier molecular flexibility index (Phi) is 5.81. The largest absolute Gasteiger partial charge is 0.508 e. The molecule has 8 nitrogen and oxygen atoms in total.